The Morgan fingerprint density at radius 3 is 1.21 bits per heavy atom. The van der Waals surface area contributed by atoms with Gasteiger partial charge in [-0.25, -0.2) is 0 Å². The fourth-order valence-corrected chi connectivity index (χ4v) is 27.6. The van der Waals surface area contributed by atoms with Gasteiger partial charge < -0.3 is 0 Å². The molecule has 3 aliphatic heterocycles. The van der Waals surface area contributed by atoms with Crippen LogP contribution in [0.1, 0.15) is 98.4 Å². The monoisotopic (exact) mass is 495 g/mol. The maximum absolute atomic E-state index is 3.01. The Morgan fingerprint density at radius 2 is 0.912 bits per heavy atom. The van der Waals surface area contributed by atoms with E-state index in [4.69, 9.17) is 0 Å². The highest BCUT2D eigenvalue weighted by Crippen LogP contribution is 2.98. The molecule has 5 rings (SSSR count). The van der Waals surface area contributed by atoms with Crippen LogP contribution in [0.5, 0.6) is 0 Å². The van der Waals surface area contributed by atoms with Crippen molar-refractivity contribution in [1.29, 1.82) is 0 Å². The summed E-state index contributed by atoms with van der Waals surface area (Å²) in [5.74, 6) is 0. The molecule has 0 bridgehead atoms. The summed E-state index contributed by atoms with van der Waals surface area (Å²) in [5.41, 5.74) is 12.0. The highest BCUT2D eigenvalue weighted by molar-refractivity contribution is 8.03. The molecule has 0 unspecified atom stereocenters. The van der Waals surface area contributed by atoms with E-state index in [0.717, 1.165) is 0 Å². The standard InChI is InChI=1S/C31H47NP2/c1-18(2)33(19(3)4)26-16-22(9)14-24-28(26)32-29-25(30(24,11)12)15-23(10)17-27(29)34(20(5)6,21(7)8)31(32,33)13/h14-21H,1-13H3/q+2. The SMILES string of the molecule is Cc1cc2c3c(c1)[P+](C(C)C)(C(C)C)C1(C)N3c3c(cc(C)cc3[P+]1(C(C)C)C(C)C)C2(C)C. The maximum Gasteiger partial charge on any atom is 0.261 e. The van der Waals surface area contributed by atoms with E-state index in [2.05, 4.69) is 119 Å². The third kappa shape index (κ3) is 2.28. The molecule has 184 valence electrons. The lowest BCUT2D eigenvalue weighted by Crippen LogP contribution is -2.50. The van der Waals surface area contributed by atoms with Crippen molar-refractivity contribution in [3.05, 3.63) is 46.5 Å². The van der Waals surface area contributed by atoms with Crippen LogP contribution in [0, 0.1) is 13.8 Å². The Labute approximate surface area is 210 Å². The first-order valence-electron chi connectivity index (χ1n) is 13.5. The van der Waals surface area contributed by atoms with Gasteiger partial charge in [0.05, 0.1) is 34.0 Å². The fourth-order valence-electron chi connectivity index (χ4n) is 9.51. The van der Waals surface area contributed by atoms with Gasteiger partial charge in [-0.2, -0.15) is 0 Å². The average molecular weight is 496 g/mol. The Kier molecular flexibility index (Phi) is 5.18. The third-order valence-electron chi connectivity index (χ3n) is 10.1. The van der Waals surface area contributed by atoms with Gasteiger partial charge in [0, 0.05) is 12.3 Å². The number of rotatable bonds is 4. The van der Waals surface area contributed by atoms with Gasteiger partial charge in [0.1, 0.15) is 25.1 Å². The normalized spacial score (nSPS) is 21.9. The zero-order valence-corrected chi connectivity index (χ0v) is 25.7. The molecule has 34 heavy (non-hydrogen) atoms. The Bertz CT molecular complexity index is 1100. The second-order valence-corrected chi connectivity index (χ2v) is 23.5. The van der Waals surface area contributed by atoms with Crippen molar-refractivity contribution in [2.75, 3.05) is 4.90 Å². The first-order valence-corrected chi connectivity index (χ1v) is 17.4. The summed E-state index contributed by atoms with van der Waals surface area (Å²) in [6, 6.07) is 10.4. The maximum atomic E-state index is 3.01. The first-order chi connectivity index (χ1) is 15.6. The lowest BCUT2D eigenvalue weighted by Gasteiger charge is -2.50. The van der Waals surface area contributed by atoms with Crippen LogP contribution >= 0.6 is 14.5 Å². The van der Waals surface area contributed by atoms with Crippen molar-refractivity contribution in [1.82, 2.24) is 0 Å². The molecule has 1 nitrogen and oxygen atoms in total. The molecule has 3 aliphatic rings. The van der Waals surface area contributed by atoms with Crippen molar-refractivity contribution < 1.29 is 0 Å². The molecule has 0 radical (unpaired) electrons. The van der Waals surface area contributed by atoms with Gasteiger partial charge in [-0.1, -0.05) is 26.0 Å². The lowest BCUT2D eigenvalue weighted by molar-refractivity contribution is 0.622. The number of hydrogen-bond acceptors (Lipinski definition) is 1. The van der Waals surface area contributed by atoms with Crippen LogP contribution in [-0.4, -0.2) is 27.7 Å². The minimum atomic E-state index is -1.63. The topological polar surface area (TPSA) is 3.24 Å². The molecule has 2 aromatic carbocycles. The van der Waals surface area contributed by atoms with Crippen LogP contribution in [-0.2, 0) is 5.41 Å². The molecule has 0 spiro atoms. The molecular weight excluding hydrogens is 448 g/mol. The number of benzene rings is 2. The highest BCUT2D eigenvalue weighted by Gasteiger charge is 2.87. The molecule has 3 heteroatoms. The molecule has 0 aromatic heterocycles. The minimum absolute atomic E-state index is 0.0194. The zero-order chi connectivity index (χ0) is 25.3. The van der Waals surface area contributed by atoms with E-state index in [-0.39, 0.29) is 10.4 Å². The van der Waals surface area contributed by atoms with E-state index < -0.39 is 14.5 Å². The highest BCUT2D eigenvalue weighted by atomic mass is 31.2. The summed E-state index contributed by atoms with van der Waals surface area (Å²) in [6.45, 7) is 33.0. The van der Waals surface area contributed by atoms with Gasteiger partial charge in [-0.3, -0.25) is 4.90 Å². The van der Waals surface area contributed by atoms with E-state index in [1.165, 1.54) is 11.1 Å². The van der Waals surface area contributed by atoms with Crippen LogP contribution in [0.25, 0.3) is 0 Å². The summed E-state index contributed by atoms with van der Waals surface area (Å²) in [4.78, 5) is 3.01. The molecule has 2 aromatic rings. The van der Waals surface area contributed by atoms with Gasteiger partial charge in [-0.05, 0) is 104 Å². The molecule has 0 fully saturated rings. The molecule has 3 heterocycles. The summed E-state index contributed by atoms with van der Waals surface area (Å²) < 4.78 is 0. The van der Waals surface area contributed by atoms with Crippen molar-refractivity contribution in [3.63, 3.8) is 0 Å². The van der Waals surface area contributed by atoms with Gasteiger partial charge in [0.25, 0.3) is 5.02 Å². The summed E-state index contributed by atoms with van der Waals surface area (Å²) in [6.07, 6.45) is 0. The lowest BCUT2D eigenvalue weighted by atomic mass is 9.73. The molecule has 0 aliphatic carbocycles. The van der Waals surface area contributed by atoms with Crippen LogP contribution in [0.15, 0.2) is 24.3 Å². The van der Waals surface area contributed by atoms with E-state index in [1.807, 2.05) is 0 Å². The largest absolute Gasteiger partial charge is 0.264 e. The second-order valence-electron chi connectivity index (χ2n) is 13.2. The quantitative estimate of drug-likeness (QED) is 0.383. The minimum Gasteiger partial charge on any atom is -0.264 e. The predicted molar refractivity (Wildman–Crippen MR) is 159 cm³/mol. The molecule has 0 saturated carbocycles. The zero-order valence-electron chi connectivity index (χ0n) is 24.0. The van der Waals surface area contributed by atoms with Crippen molar-refractivity contribution in [2.45, 2.75) is 123 Å². The van der Waals surface area contributed by atoms with E-state index in [0.29, 0.717) is 22.6 Å². The number of nitrogens with zero attached hydrogens (tertiary/aromatic N) is 1. The Morgan fingerprint density at radius 1 is 0.588 bits per heavy atom. The molecule has 0 atom stereocenters. The fraction of sp³-hybridized carbons (Fsp3) is 0.613. The third-order valence-corrected chi connectivity index (χ3v) is 24.1. The van der Waals surface area contributed by atoms with Crippen molar-refractivity contribution in [2.24, 2.45) is 0 Å². The van der Waals surface area contributed by atoms with Crippen LogP contribution in [0.3, 0.4) is 0 Å². The number of anilines is 2. The first kappa shape index (κ1) is 24.8. The Hall–Kier alpha value is -0.900. The summed E-state index contributed by atoms with van der Waals surface area (Å²) in [5, 5.41) is 3.69. The number of aryl methyl sites for hydroxylation is 2. The van der Waals surface area contributed by atoms with E-state index in [9.17, 15) is 0 Å². The van der Waals surface area contributed by atoms with E-state index >= 15 is 0 Å². The van der Waals surface area contributed by atoms with Gasteiger partial charge >= 0.3 is 0 Å². The van der Waals surface area contributed by atoms with Gasteiger partial charge in [0.15, 0.2) is 0 Å². The van der Waals surface area contributed by atoms with Crippen LogP contribution in [0.2, 0.25) is 0 Å². The summed E-state index contributed by atoms with van der Waals surface area (Å²) >= 11 is 0. The van der Waals surface area contributed by atoms with Crippen molar-refractivity contribution >= 4 is 36.5 Å². The van der Waals surface area contributed by atoms with Gasteiger partial charge in [-0.15, -0.1) is 0 Å². The van der Waals surface area contributed by atoms with Crippen molar-refractivity contribution in [3.8, 4) is 0 Å². The van der Waals surface area contributed by atoms with Gasteiger partial charge in [0.2, 0.25) is 0 Å². The molecular formula is C31H47NP2+2. The smallest absolute Gasteiger partial charge is 0.261 e. The molecule has 0 amide bonds. The molecule has 0 saturated heterocycles. The van der Waals surface area contributed by atoms with Crippen LogP contribution in [0.4, 0.5) is 11.4 Å². The summed E-state index contributed by atoms with van der Waals surface area (Å²) in [7, 11) is -3.25. The van der Waals surface area contributed by atoms with Crippen LogP contribution < -0.4 is 15.5 Å². The molecule has 0 N–H and O–H groups in total. The predicted octanol–water partition coefficient (Wildman–Crippen LogP) is 8.70. The Balaban J connectivity index is 2.14. The van der Waals surface area contributed by atoms with E-state index in [1.54, 1.807) is 33.1 Å². The average Bonchev–Trinajstić information content (AvgIpc) is 3.06. The second kappa shape index (κ2) is 7.11. The number of hydrogen-bond donors (Lipinski definition) is 0.